The van der Waals surface area contributed by atoms with Crippen LogP contribution in [0, 0.1) is 10.7 Å². The van der Waals surface area contributed by atoms with E-state index in [1.807, 2.05) is 36.4 Å². The van der Waals surface area contributed by atoms with Crippen LogP contribution >= 0.6 is 67.8 Å². The molecule has 0 unspecified atom stereocenters. The van der Waals surface area contributed by atoms with Crippen LogP contribution in [-0.4, -0.2) is 73.8 Å². The highest BCUT2D eigenvalue weighted by molar-refractivity contribution is 14.1. The van der Waals surface area contributed by atoms with Gasteiger partial charge in [0, 0.05) is 33.5 Å². The van der Waals surface area contributed by atoms with Gasteiger partial charge in [0.25, 0.3) is 35.4 Å². The molecule has 75 heavy (non-hydrogen) atoms. The van der Waals surface area contributed by atoms with E-state index in [-0.39, 0.29) is 33.4 Å². The molecule has 0 saturated carbocycles. The van der Waals surface area contributed by atoms with E-state index in [0.29, 0.717) is 44.5 Å². The Labute approximate surface area is 465 Å². The lowest BCUT2D eigenvalue weighted by Crippen LogP contribution is -2.28. The molecule has 0 aromatic heterocycles. The molecule has 0 radical (unpaired) electrons. The number of halogens is 3. The molecule has 3 fully saturated rings. The van der Waals surface area contributed by atoms with Crippen molar-refractivity contribution in [3.63, 3.8) is 0 Å². The number of amides is 6. The number of carboxylic acid groups (broad SMARTS) is 3. The van der Waals surface area contributed by atoms with Gasteiger partial charge in [-0.3, -0.25) is 61.3 Å². The standard InChI is InChI=1S/C19H13IN2O4.C17H11IN2O5.C17H11IN2O4/c20-14-8-6-13(7-9-14)16(17-18(25)21-22-19(17)26)12-4-1-11(2-5-12)3-10-15(23)24;18-10-4-1-8(2-5-10)13(14-15(22)19-20-16(14)23)9-3-6-12(21)11(7-9)17(24)25;18-12-6-4-9(5-7-12)13(14-15(21)19-20-16(14)22)10-2-1-3-11(8-10)17(23)24/h1-10H,(H,21,25)(H,22,26)(H,23,24);1-7,21H,(H,19,22)(H,20,23)(H,24,25);1-8H,(H,19,21)(H,20,22)(H,23,24)/b10-3+;;. The number of aliphatic carboxylic acids is 1. The van der Waals surface area contributed by atoms with Crippen LogP contribution in [0.5, 0.6) is 5.75 Å². The molecular weight excluding hydrogens is 1310 g/mol. The lowest BCUT2D eigenvalue weighted by atomic mass is 9.91. The van der Waals surface area contributed by atoms with Crippen molar-refractivity contribution in [1.82, 2.24) is 32.6 Å². The molecule has 9 rings (SSSR count). The monoisotopic (exact) mass is 1340 g/mol. The second-order valence-electron chi connectivity index (χ2n) is 15.7. The molecule has 6 aromatic carbocycles. The molecule has 19 nitrogen and oxygen atoms in total. The number of phenols is 1. The van der Waals surface area contributed by atoms with Gasteiger partial charge in [-0.1, -0.05) is 78.9 Å². The minimum absolute atomic E-state index is 0.0417. The largest absolute Gasteiger partial charge is 0.507 e. The Bertz CT molecular complexity index is 3450. The number of hydrogen-bond acceptors (Lipinski definition) is 10. The Kier molecular flexibility index (Phi) is 17.4. The van der Waals surface area contributed by atoms with Crippen LogP contribution in [0.1, 0.15) is 59.7 Å². The predicted octanol–water partition coefficient (Wildman–Crippen LogP) is 5.96. The van der Waals surface area contributed by atoms with Crippen molar-refractivity contribution in [2.24, 2.45) is 0 Å². The van der Waals surface area contributed by atoms with Gasteiger partial charge in [0.2, 0.25) is 0 Å². The average Bonchev–Trinajstić information content (AvgIpc) is 4.03. The maximum absolute atomic E-state index is 12.2. The van der Waals surface area contributed by atoms with Crippen LogP contribution in [0.25, 0.3) is 22.8 Å². The second kappa shape index (κ2) is 24.0. The van der Waals surface area contributed by atoms with Crippen molar-refractivity contribution in [2.75, 3.05) is 0 Å². The van der Waals surface area contributed by atoms with Crippen LogP contribution in [0.15, 0.2) is 162 Å². The molecule has 3 heterocycles. The van der Waals surface area contributed by atoms with E-state index in [1.54, 1.807) is 72.8 Å². The van der Waals surface area contributed by atoms with Crippen LogP contribution in [0.2, 0.25) is 0 Å². The number of aromatic hydroxyl groups is 1. The number of carbonyl (C=O) groups excluding carboxylic acids is 6. The quantitative estimate of drug-likeness (QED) is 0.0431. The van der Waals surface area contributed by atoms with Crippen LogP contribution in [0.3, 0.4) is 0 Å². The lowest BCUT2D eigenvalue weighted by Gasteiger charge is -2.12. The van der Waals surface area contributed by atoms with E-state index >= 15 is 0 Å². The van der Waals surface area contributed by atoms with Crippen molar-refractivity contribution in [3.8, 4) is 5.75 Å². The Morgan fingerprint density at radius 2 is 0.707 bits per heavy atom. The molecule has 3 aliphatic heterocycles. The molecule has 0 bridgehead atoms. The third kappa shape index (κ3) is 13.0. The third-order valence-electron chi connectivity index (χ3n) is 10.9. The summed E-state index contributed by atoms with van der Waals surface area (Å²) < 4.78 is 2.99. The highest BCUT2D eigenvalue weighted by atomic mass is 127. The number of aromatic carboxylic acids is 2. The molecule has 10 N–H and O–H groups in total. The fraction of sp³-hybridized carbons (Fsp3) is 0. The Hall–Kier alpha value is -8.50. The maximum atomic E-state index is 12.2. The first-order chi connectivity index (χ1) is 35.8. The Morgan fingerprint density at radius 3 is 1.05 bits per heavy atom. The number of hydrogen-bond donors (Lipinski definition) is 10. The molecule has 6 amide bonds. The van der Waals surface area contributed by atoms with Crippen molar-refractivity contribution >= 4 is 144 Å². The molecule has 22 heteroatoms. The summed E-state index contributed by atoms with van der Waals surface area (Å²) in [5, 5.41) is 36.8. The molecule has 0 spiro atoms. The minimum Gasteiger partial charge on any atom is -0.507 e. The zero-order valence-corrected chi connectivity index (χ0v) is 44.5. The maximum Gasteiger partial charge on any atom is 0.339 e. The number of carboxylic acids is 3. The van der Waals surface area contributed by atoms with Crippen LogP contribution in [0.4, 0.5) is 0 Å². The van der Waals surface area contributed by atoms with Gasteiger partial charge in [-0.05, 0) is 173 Å². The second-order valence-corrected chi connectivity index (χ2v) is 19.4. The summed E-state index contributed by atoms with van der Waals surface area (Å²) in [4.78, 5) is 106. The predicted molar refractivity (Wildman–Crippen MR) is 296 cm³/mol. The normalized spacial score (nSPS) is 13.5. The van der Waals surface area contributed by atoms with Gasteiger partial charge in [0.1, 0.15) is 28.0 Å². The summed E-state index contributed by atoms with van der Waals surface area (Å²) in [5.74, 6) is -7.11. The molecule has 3 saturated heterocycles. The molecular formula is C53H35I3N6O13. The SMILES string of the molecule is O=C(O)/C=C/c1ccc(C(=C2C(=O)NNC2=O)c2ccc(I)cc2)cc1.O=C1NNC(=O)C1=C(c1ccc(I)cc1)c1ccc(O)c(C(=O)O)c1.O=C1NNC(=O)C1=C(c1ccc(I)cc1)c1cccc(C(=O)O)c1. The zero-order valence-electron chi connectivity index (χ0n) is 38.0. The van der Waals surface area contributed by atoms with Gasteiger partial charge in [0.05, 0.1) is 5.56 Å². The van der Waals surface area contributed by atoms with Crippen molar-refractivity contribution < 1.29 is 63.6 Å². The topological polar surface area (TPSA) is 307 Å². The van der Waals surface area contributed by atoms with E-state index in [0.717, 1.165) is 22.4 Å². The fourth-order valence-electron chi connectivity index (χ4n) is 7.52. The lowest BCUT2D eigenvalue weighted by molar-refractivity contribution is -0.131. The summed E-state index contributed by atoms with van der Waals surface area (Å²) >= 11 is 6.46. The molecule has 6 aromatic rings. The Morgan fingerprint density at radius 1 is 0.387 bits per heavy atom. The first-order valence-corrected chi connectivity index (χ1v) is 24.8. The van der Waals surface area contributed by atoms with Crippen molar-refractivity contribution in [1.29, 1.82) is 0 Å². The van der Waals surface area contributed by atoms with Gasteiger partial charge in [0.15, 0.2) is 0 Å². The molecule has 3 aliphatic rings. The summed E-state index contributed by atoms with van der Waals surface area (Å²) in [7, 11) is 0. The molecule has 376 valence electrons. The average molecular weight is 1340 g/mol. The summed E-state index contributed by atoms with van der Waals surface area (Å²) in [5.41, 5.74) is 18.6. The first-order valence-electron chi connectivity index (χ1n) is 21.6. The minimum atomic E-state index is -1.31. The summed E-state index contributed by atoms with van der Waals surface area (Å²) in [6.07, 6.45) is 2.52. The van der Waals surface area contributed by atoms with Crippen molar-refractivity contribution in [2.45, 2.75) is 0 Å². The smallest absolute Gasteiger partial charge is 0.339 e. The van der Waals surface area contributed by atoms with Gasteiger partial charge in [-0.15, -0.1) is 0 Å². The molecule has 0 atom stereocenters. The summed E-state index contributed by atoms with van der Waals surface area (Å²) in [6.45, 7) is 0. The highest BCUT2D eigenvalue weighted by Crippen LogP contribution is 2.34. The number of nitrogens with one attached hydrogen (secondary N) is 6. The van der Waals surface area contributed by atoms with Crippen LogP contribution < -0.4 is 32.6 Å². The van der Waals surface area contributed by atoms with E-state index in [1.165, 1.54) is 36.4 Å². The van der Waals surface area contributed by atoms with Crippen molar-refractivity contribution in [3.05, 3.63) is 223 Å². The Balaban J connectivity index is 0.000000164. The number of rotatable bonds is 10. The van der Waals surface area contributed by atoms with E-state index in [9.17, 15) is 58.5 Å². The van der Waals surface area contributed by atoms with Gasteiger partial charge < -0.3 is 20.4 Å². The first kappa shape index (κ1) is 54.3. The fourth-order valence-corrected chi connectivity index (χ4v) is 8.60. The third-order valence-corrected chi connectivity index (χ3v) is 13.1. The van der Waals surface area contributed by atoms with E-state index < -0.39 is 59.1 Å². The van der Waals surface area contributed by atoms with Gasteiger partial charge in [-0.2, -0.15) is 0 Å². The van der Waals surface area contributed by atoms with Gasteiger partial charge >= 0.3 is 17.9 Å². The van der Waals surface area contributed by atoms with E-state index in [2.05, 4.69) is 100 Å². The summed E-state index contributed by atoms with van der Waals surface area (Å²) in [6, 6.07) is 38.9. The van der Waals surface area contributed by atoms with Crippen LogP contribution in [-0.2, 0) is 33.6 Å². The highest BCUT2D eigenvalue weighted by Gasteiger charge is 2.33. The number of benzene rings is 6. The van der Waals surface area contributed by atoms with E-state index in [4.69, 9.17) is 5.11 Å². The number of hydrazine groups is 3. The molecule has 0 aliphatic carbocycles. The zero-order chi connectivity index (χ0) is 54.1. The number of carbonyl (C=O) groups is 9. The van der Waals surface area contributed by atoms with Gasteiger partial charge in [-0.25, -0.2) is 14.4 Å².